The van der Waals surface area contributed by atoms with Crippen LogP contribution in [0.4, 0.5) is 17.6 Å². The summed E-state index contributed by atoms with van der Waals surface area (Å²) in [5.74, 6) is 0.0732. The van der Waals surface area contributed by atoms with Crippen LogP contribution in [0, 0.1) is 11.2 Å². The Morgan fingerprint density at radius 2 is 1.86 bits per heavy atom. The third kappa shape index (κ3) is 4.62. The molecule has 0 spiro atoms. The van der Waals surface area contributed by atoms with E-state index in [0.29, 0.717) is 11.4 Å². The van der Waals surface area contributed by atoms with Gasteiger partial charge in [0.1, 0.15) is 11.6 Å². The predicted molar refractivity (Wildman–Crippen MR) is 103 cm³/mol. The van der Waals surface area contributed by atoms with Crippen molar-refractivity contribution in [2.45, 2.75) is 51.1 Å². The van der Waals surface area contributed by atoms with Gasteiger partial charge in [-0.1, -0.05) is 38.5 Å². The Hall–Kier alpha value is -1.75. The Kier molecular flexibility index (Phi) is 5.95. The molecule has 2 aromatic carbocycles. The largest absolute Gasteiger partial charge is 0.484 e. The zero-order valence-electron chi connectivity index (χ0n) is 15.9. The summed E-state index contributed by atoms with van der Waals surface area (Å²) in [6.07, 6.45) is -1.31. The molecule has 1 nitrogen and oxygen atoms in total. The van der Waals surface area contributed by atoms with Crippen LogP contribution in [0.3, 0.4) is 0 Å². The van der Waals surface area contributed by atoms with Gasteiger partial charge < -0.3 is 4.74 Å². The van der Waals surface area contributed by atoms with Crippen LogP contribution in [0.15, 0.2) is 36.4 Å². The fourth-order valence-electron chi connectivity index (χ4n) is 4.10. The standard InChI is InChI=1S/C22H23ClF4O/c1-21(2)9-3-4-19(21)17-10-14(12-23)5-7-16(17)18-11-15(6-8-20(18)24)28-13-22(25,26)27/h5-8,10-11,19H,3-4,9,12-13H2,1-2H3. The van der Waals surface area contributed by atoms with Crippen LogP contribution in [0.25, 0.3) is 11.1 Å². The van der Waals surface area contributed by atoms with Crippen molar-refractivity contribution in [3.63, 3.8) is 0 Å². The van der Waals surface area contributed by atoms with Crippen molar-refractivity contribution in [2.24, 2.45) is 5.41 Å². The van der Waals surface area contributed by atoms with Crippen molar-refractivity contribution in [3.05, 3.63) is 53.3 Å². The third-order valence-corrected chi connectivity index (χ3v) is 5.84. The zero-order valence-corrected chi connectivity index (χ0v) is 16.6. The monoisotopic (exact) mass is 414 g/mol. The number of hydrogen-bond donors (Lipinski definition) is 0. The van der Waals surface area contributed by atoms with Crippen LogP contribution < -0.4 is 4.74 Å². The molecule has 1 aliphatic rings. The van der Waals surface area contributed by atoms with Gasteiger partial charge in [0.15, 0.2) is 6.61 Å². The SMILES string of the molecule is CC1(C)CCCC1c1cc(CCl)ccc1-c1cc(OCC(F)(F)F)ccc1F. The number of alkyl halides is 4. The molecular formula is C22H23ClF4O. The predicted octanol–water partition coefficient (Wildman–Crippen LogP) is 7.47. The van der Waals surface area contributed by atoms with E-state index in [1.807, 2.05) is 18.2 Å². The Labute approximate surface area is 167 Å². The molecule has 0 N–H and O–H groups in total. The highest BCUT2D eigenvalue weighted by molar-refractivity contribution is 6.17. The van der Waals surface area contributed by atoms with Crippen molar-refractivity contribution in [3.8, 4) is 16.9 Å². The van der Waals surface area contributed by atoms with Crippen molar-refractivity contribution in [1.82, 2.24) is 0 Å². The molecule has 3 rings (SSSR count). The molecule has 1 fully saturated rings. The quantitative estimate of drug-likeness (QED) is 0.364. The molecule has 152 valence electrons. The minimum atomic E-state index is -4.45. The number of ether oxygens (including phenoxy) is 1. The van der Waals surface area contributed by atoms with Crippen molar-refractivity contribution < 1.29 is 22.3 Å². The second-order valence-corrected chi connectivity index (χ2v) is 8.30. The lowest BCUT2D eigenvalue weighted by atomic mass is 9.75. The Bertz CT molecular complexity index is 845. The van der Waals surface area contributed by atoms with Crippen LogP contribution in [0.5, 0.6) is 5.75 Å². The van der Waals surface area contributed by atoms with Gasteiger partial charge in [0, 0.05) is 11.4 Å². The van der Waals surface area contributed by atoms with Gasteiger partial charge >= 0.3 is 6.18 Å². The van der Waals surface area contributed by atoms with Crippen LogP contribution in [-0.4, -0.2) is 12.8 Å². The average Bonchev–Trinajstić information content (AvgIpc) is 2.99. The molecule has 0 aliphatic heterocycles. The molecule has 0 saturated heterocycles. The van der Waals surface area contributed by atoms with Crippen molar-refractivity contribution >= 4 is 11.6 Å². The van der Waals surface area contributed by atoms with E-state index in [2.05, 4.69) is 13.8 Å². The summed E-state index contributed by atoms with van der Waals surface area (Å²) < 4.78 is 56.9. The molecule has 0 bridgehead atoms. The Morgan fingerprint density at radius 3 is 2.46 bits per heavy atom. The molecule has 0 heterocycles. The summed E-state index contributed by atoms with van der Waals surface area (Å²) in [6, 6.07) is 9.37. The minimum absolute atomic E-state index is 0.00761. The van der Waals surface area contributed by atoms with E-state index in [4.69, 9.17) is 16.3 Å². The van der Waals surface area contributed by atoms with Gasteiger partial charge in [-0.25, -0.2) is 4.39 Å². The smallest absolute Gasteiger partial charge is 0.422 e. The van der Waals surface area contributed by atoms with E-state index >= 15 is 0 Å². The lowest BCUT2D eigenvalue weighted by Gasteiger charge is -2.30. The molecule has 0 aromatic heterocycles. The van der Waals surface area contributed by atoms with Crippen molar-refractivity contribution in [2.75, 3.05) is 6.61 Å². The second kappa shape index (κ2) is 7.94. The van der Waals surface area contributed by atoms with Gasteiger partial charge in [0.2, 0.25) is 0 Å². The zero-order chi connectivity index (χ0) is 20.5. The average molecular weight is 415 g/mol. The van der Waals surface area contributed by atoms with Gasteiger partial charge in [-0.2, -0.15) is 13.2 Å². The highest BCUT2D eigenvalue weighted by atomic mass is 35.5. The van der Waals surface area contributed by atoms with Gasteiger partial charge in [0.25, 0.3) is 0 Å². The summed E-state index contributed by atoms with van der Waals surface area (Å²) in [6.45, 7) is 2.98. The molecule has 0 radical (unpaired) electrons. The molecule has 0 amide bonds. The number of benzene rings is 2. The van der Waals surface area contributed by atoms with E-state index in [-0.39, 0.29) is 22.6 Å². The molecule has 6 heteroatoms. The van der Waals surface area contributed by atoms with E-state index < -0.39 is 18.6 Å². The fourth-order valence-corrected chi connectivity index (χ4v) is 4.26. The van der Waals surface area contributed by atoms with E-state index in [1.54, 1.807) is 0 Å². The fraction of sp³-hybridized carbons (Fsp3) is 0.455. The Morgan fingerprint density at radius 1 is 1.11 bits per heavy atom. The Balaban J connectivity index is 2.05. The van der Waals surface area contributed by atoms with Crippen LogP contribution in [-0.2, 0) is 5.88 Å². The number of rotatable bonds is 5. The molecule has 1 saturated carbocycles. The molecule has 1 atom stereocenters. The van der Waals surface area contributed by atoms with Gasteiger partial charge in [-0.15, -0.1) is 11.6 Å². The van der Waals surface area contributed by atoms with Crippen LogP contribution in [0.2, 0.25) is 0 Å². The van der Waals surface area contributed by atoms with Gasteiger partial charge in [-0.05, 0) is 59.1 Å². The maximum absolute atomic E-state index is 14.7. The van der Waals surface area contributed by atoms with Crippen LogP contribution >= 0.6 is 11.6 Å². The van der Waals surface area contributed by atoms with Gasteiger partial charge in [0.05, 0.1) is 0 Å². The molecule has 1 unspecified atom stereocenters. The van der Waals surface area contributed by atoms with Crippen LogP contribution in [0.1, 0.15) is 50.2 Å². The van der Waals surface area contributed by atoms with E-state index in [9.17, 15) is 17.6 Å². The van der Waals surface area contributed by atoms with Gasteiger partial charge in [-0.3, -0.25) is 0 Å². The minimum Gasteiger partial charge on any atom is -0.484 e. The molecule has 1 aliphatic carbocycles. The van der Waals surface area contributed by atoms with Crippen molar-refractivity contribution in [1.29, 1.82) is 0 Å². The topological polar surface area (TPSA) is 9.23 Å². The summed E-state index contributed by atoms with van der Waals surface area (Å²) in [5.41, 5.74) is 2.92. The first kappa shape index (κ1) is 21.0. The first-order valence-corrected chi connectivity index (χ1v) is 9.82. The summed E-state index contributed by atoms with van der Waals surface area (Å²) in [5, 5.41) is 0. The lowest BCUT2D eigenvalue weighted by molar-refractivity contribution is -0.153. The van der Waals surface area contributed by atoms with E-state index in [1.165, 1.54) is 12.1 Å². The molecule has 2 aromatic rings. The highest BCUT2D eigenvalue weighted by Crippen LogP contribution is 2.51. The van der Waals surface area contributed by atoms with E-state index in [0.717, 1.165) is 36.5 Å². The lowest BCUT2D eigenvalue weighted by Crippen LogP contribution is -2.19. The molecule has 28 heavy (non-hydrogen) atoms. The summed E-state index contributed by atoms with van der Waals surface area (Å²) >= 11 is 6.01. The third-order valence-electron chi connectivity index (χ3n) is 5.53. The second-order valence-electron chi connectivity index (χ2n) is 8.03. The first-order chi connectivity index (χ1) is 13.1. The maximum atomic E-state index is 14.7. The number of hydrogen-bond acceptors (Lipinski definition) is 1. The highest BCUT2D eigenvalue weighted by Gasteiger charge is 2.37. The first-order valence-electron chi connectivity index (χ1n) is 9.29. The summed E-state index contributed by atoms with van der Waals surface area (Å²) in [7, 11) is 0. The number of halogens is 5. The summed E-state index contributed by atoms with van der Waals surface area (Å²) in [4.78, 5) is 0. The normalized spacial score (nSPS) is 19.0. The maximum Gasteiger partial charge on any atom is 0.422 e. The molecular weight excluding hydrogens is 392 g/mol.